The molecule has 0 aliphatic heterocycles. The highest BCUT2D eigenvalue weighted by Gasteiger charge is 2.06. The van der Waals surface area contributed by atoms with Crippen molar-refractivity contribution in [1.29, 1.82) is 0 Å². The van der Waals surface area contributed by atoms with Gasteiger partial charge in [0, 0.05) is 35.9 Å². The summed E-state index contributed by atoms with van der Waals surface area (Å²) in [6.45, 7) is 4.47. The lowest BCUT2D eigenvalue weighted by Crippen LogP contribution is -2.17. The van der Waals surface area contributed by atoms with Crippen LogP contribution in [0.15, 0.2) is 48.7 Å². The molecular weight excluding hydrogens is 300 g/mol. The lowest BCUT2D eigenvalue weighted by atomic mass is 10.1. The number of nitrogens with zero attached hydrogens (tertiary/aromatic N) is 2. The number of nitrogens with one attached hydrogen (secondary N) is 2. The van der Waals surface area contributed by atoms with E-state index < -0.39 is 0 Å². The van der Waals surface area contributed by atoms with Crippen LogP contribution >= 0.6 is 0 Å². The molecule has 0 aliphatic rings. The van der Waals surface area contributed by atoms with E-state index in [-0.39, 0.29) is 5.91 Å². The molecule has 3 aromatic rings. The fraction of sp³-hybridized carbons (Fsp3) is 0.211. The summed E-state index contributed by atoms with van der Waals surface area (Å²) in [7, 11) is 0. The first-order valence-electron chi connectivity index (χ1n) is 7.94. The topological polar surface area (TPSA) is 66.9 Å². The molecule has 0 radical (unpaired) electrons. The van der Waals surface area contributed by atoms with Gasteiger partial charge in [-0.25, -0.2) is 4.98 Å². The van der Waals surface area contributed by atoms with Crippen molar-refractivity contribution in [3.63, 3.8) is 0 Å². The van der Waals surface area contributed by atoms with Gasteiger partial charge in [0.2, 0.25) is 5.91 Å². The number of para-hydroxylation sites is 1. The number of carbonyl (C=O) groups excluding carboxylic acids is 1. The van der Waals surface area contributed by atoms with Gasteiger partial charge in [0.25, 0.3) is 0 Å². The van der Waals surface area contributed by atoms with E-state index in [2.05, 4.69) is 20.6 Å². The molecule has 1 aromatic carbocycles. The first-order chi connectivity index (χ1) is 11.6. The Labute approximate surface area is 141 Å². The second-order valence-electron chi connectivity index (χ2n) is 5.77. The monoisotopic (exact) mass is 320 g/mol. The van der Waals surface area contributed by atoms with Crippen molar-refractivity contribution in [1.82, 2.24) is 9.97 Å². The molecule has 0 atom stereocenters. The molecular formula is C19H20N4O. The van der Waals surface area contributed by atoms with Gasteiger partial charge < -0.3 is 10.6 Å². The van der Waals surface area contributed by atoms with E-state index in [0.717, 1.165) is 27.8 Å². The molecule has 0 spiro atoms. The van der Waals surface area contributed by atoms with E-state index in [0.29, 0.717) is 18.8 Å². The van der Waals surface area contributed by atoms with Crippen LogP contribution < -0.4 is 10.6 Å². The molecule has 2 N–H and O–H groups in total. The highest BCUT2D eigenvalue weighted by Crippen LogP contribution is 2.22. The van der Waals surface area contributed by atoms with E-state index in [1.165, 1.54) is 0 Å². The zero-order valence-electron chi connectivity index (χ0n) is 13.8. The standard InChI is InChI=1S/C19H20N4O/c1-13-7-8-18(21-12-13)23-19(24)9-10-20-17-11-14(2)22-16-6-4-3-5-15(16)17/h3-8,11-12H,9-10H2,1-2H3,(H,20,22)(H,21,23,24). The van der Waals surface area contributed by atoms with Crippen LogP contribution in [0.2, 0.25) is 0 Å². The van der Waals surface area contributed by atoms with E-state index in [4.69, 9.17) is 0 Å². The maximum Gasteiger partial charge on any atom is 0.227 e. The molecule has 3 rings (SSSR count). The largest absolute Gasteiger partial charge is 0.384 e. The predicted octanol–water partition coefficient (Wildman–Crippen LogP) is 3.69. The van der Waals surface area contributed by atoms with Crippen LogP contribution in [-0.4, -0.2) is 22.4 Å². The van der Waals surface area contributed by atoms with Gasteiger partial charge in [0.1, 0.15) is 5.82 Å². The molecule has 0 saturated heterocycles. The minimum atomic E-state index is -0.0612. The first-order valence-corrected chi connectivity index (χ1v) is 7.94. The molecule has 0 unspecified atom stereocenters. The number of hydrogen-bond acceptors (Lipinski definition) is 4. The molecule has 0 bridgehead atoms. The summed E-state index contributed by atoms with van der Waals surface area (Å²) < 4.78 is 0. The van der Waals surface area contributed by atoms with Crippen LogP contribution in [0.25, 0.3) is 10.9 Å². The summed E-state index contributed by atoms with van der Waals surface area (Å²) in [5.74, 6) is 0.518. The van der Waals surface area contributed by atoms with Gasteiger partial charge in [0.15, 0.2) is 0 Å². The van der Waals surface area contributed by atoms with E-state index in [9.17, 15) is 4.79 Å². The highest BCUT2D eigenvalue weighted by atomic mass is 16.1. The minimum Gasteiger partial charge on any atom is -0.384 e. The molecule has 5 nitrogen and oxygen atoms in total. The normalized spacial score (nSPS) is 10.6. The van der Waals surface area contributed by atoms with Crippen molar-refractivity contribution >= 4 is 28.3 Å². The van der Waals surface area contributed by atoms with E-state index in [1.807, 2.05) is 50.2 Å². The van der Waals surface area contributed by atoms with Crippen LogP contribution in [0.1, 0.15) is 17.7 Å². The van der Waals surface area contributed by atoms with Crippen LogP contribution in [0, 0.1) is 13.8 Å². The van der Waals surface area contributed by atoms with Crippen molar-refractivity contribution in [3.8, 4) is 0 Å². The molecule has 0 fully saturated rings. The number of aromatic nitrogens is 2. The predicted molar refractivity (Wildman–Crippen MR) is 97.2 cm³/mol. The molecule has 24 heavy (non-hydrogen) atoms. The Morgan fingerprint density at radius 2 is 1.96 bits per heavy atom. The zero-order chi connectivity index (χ0) is 16.9. The lowest BCUT2D eigenvalue weighted by Gasteiger charge is -2.11. The number of fused-ring (bicyclic) bond motifs is 1. The molecule has 122 valence electrons. The summed E-state index contributed by atoms with van der Waals surface area (Å²) in [6.07, 6.45) is 2.10. The number of anilines is 2. The fourth-order valence-corrected chi connectivity index (χ4v) is 2.51. The summed E-state index contributed by atoms with van der Waals surface area (Å²) in [6, 6.07) is 13.7. The van der Waals surface area contributed by atoms with Gasteiger partial charge in [-0.15, -0.1) is 0 Å². The second kappa shape index (κ2) is 7.08. The van der Waals surface area contributed by atoms with Crippen molar-refractivity contribution in [2.24, 2.45) is 0 Å². The zero-order valence-corrected chi connectivity index (χ0v) is 13.8. The molecule has 5 heteroatoms. The Hall–Kier alpha value is -2.95. The van der Waals surface area contributed by atoms with Crippen LogP contribution in [0.5, 0.6) is 0 Å². The number of amides is 1. The molecule has 0 aliphatic carbocycles. The Morgan fingerprint density at radius 3 is 2.75 bits per heavy atom. The van der Waals surface area contributed by atoms with Gasteiger partial charge in [0.05, 0.1) is 5.52 Å². The fourth-order valence-electron chi connectivity index (χ4n) is 2.51. The maximum absolute atomic E-state index is 12.0. The van der Waals surface area contributed by atoms with Crippen LogP contribution in [-0.2, 0) is 4.79 Å². The van der Waals surface area contributed by atoms with E-state index in [1.54, 1.807) is 12.3 Å². The van der Waals surface area contributed by atoms with Gasteiger partial charge >= 0.3 is 0 Å². The number of rotatable bonds is 5. The minimum absolute atomic E-state index is 0.0612. The maximum atomic E-state index is 12.0. The van der Waals surface area contributed by atoms with Gasteiger partial charge in [-0.05, 0) is 37.6 Å². The number of carbonyl (C=O) groups is 1. The van der Waals surface area contributed by atoms with Gasteiger partial charge in [-0.2, -0.15) is 0 Å². The Morgan fingerprint density at radius 1 is 1.12 bits per heavy atom. The third-order valence-electron chi connectivity index (χ3n) is 3.69. The molecule has 2 heterocycles. The highest BCUT2D eigenvalue weighted by molar-refractivity contribution is 5.92. The number of benzene rings is 1. The van der Waals surface area contributed by atoms with Crippen molar-refractivity contribution in [2.75, 3.05) is 17.2 Å². The van der Waals surface area contributed by atoms with Crippen LogP contribution in [0.3, 0.4) is 0 Å². The summed E-state index contributed by atoms with van der Waals surface area (Å²) >= 11 is 0. The third-order valence-corrected chi connectivity index (χ3v) is 3.69. The lowest BCUT2D eigenvalue weighted by molar-refractivity contribution is -0.116. The summed E-state index contributed by atoms with van der Waals surface area (Å²) in [5, 5.41) is 7.19. The van der Waals surface area contributed by atoms with Crippen molar-refractivity contribution in [3.05, 3.63) is 59.9 Å². The Kier molecular flexibility index (Phi) is 4.70. The third kappa shape index (κ3) is 3.87. The average Bonchev–Trinajstić information content (AvgIpc) is 2.57. The average molecular weight is 320 g/mol. The number of aryl methyl sites for hydroxylation is 2. The SMILES string of the molecule is Cc1ccc(NC(=O)CCNc2cc(C)nc3ccccc23)nc1. The first kappa shape index (κ1) is 15.9. The quantitative estimate of drug-likeness (QED) is 0.752. The number of hydrogen-bond donors (Lipinski definition) is 2. The summed E-state index contributed by atoms with van der Waals surface area (Å²) in [4.78, 5) is 20.7. The van der Waals surface area contributed by atoms with Gasteiger partial charge in [-0.3, -0.25) is 9.78 Å². The Balaban J connectivity index is 1.60. The number of pyridine rings is 2. The van der Waals surface area contributed by atoms with Crippen molar-refractivity contribution in [2.45, 2.75) is 20.3 Å². The van der Waals surface area contributed by atoms with Gasteiger partial charge in [-0.1, -0.05) is 24.3 Å². The molecule has 2 aromatic heterocycles. The van der Waals surface area contributed by atoms with E-state index >= 15 is 0 Å². The summed E-state index contributed by atoms with van der Waals surface area (Å²) in [5.41, 5.74) is 3.96. The smallest absolute Gasteiger partial charge is 0.227 e. The second-order valence-corrected chi connectivity index (χ2v) is 5.77. The Bertz CT molecular complexity index is 859. The molecule has 1 amide bonds. The molecule has 0 saturated carbocycles. The van der Waals surface area contributed by atoms with Crippen molar-refractivity contribution < 1.29 is 4.79 Å². The van der Waals surface area contributed by atoms with Crippen LogP contribution in [0.4, 0.5) is 11.5 Å².